The standard InChI is InChI=1S/C31H26Cl3N3O6S/c1-18-6-12-21(13-7-18)44(41,42)22-14-15-23(32)26(17-22)36-31(40)37-27(30(39)43-2)16-19-8-10-20(11-9-19)35-29(38)28-24(33)4-3-5-25(28)34/h3-15,17,27H,16H2,1-2H3,(H,35,38)(H2,36,37,40)/t27-/m0/s1. The van der Waals surface area contributed by atoms with Gasteiger partial charge < -0.3 is 20.7 Å². The summed E-state index contributed by atoms with van der Waals surface area (Å²) >= 11 is 18.5. The number of esters is 1. The van der Waals surface area contributed by atoms with Crippen molar-refractivity contribution < 1.29 is 27.5 Å². The van der Waals surface area contributed by atoms with Crippen molar-refractivity contribution in [2.75, 3.05) is 17.7 Å². The van der Waals surface area contributed by atoms with Gasteiger partial charge in [0, 0.05) is 12.1 Å². The van der Waals surface area contributed by atoms with Crippen LogP contribution in [-0.2, 0) is 25.8 Å². The summed E-state index contributed by atoms with van der Waals surface area (Å²) in [5, 5.41) is 8.26. The van der Waals surface area contributed by atoms with Crippen LogP contribution in [0.4, 0.5) is 16.2 Å². The first-order chi connectivity index (χ1) is 20.9. The number of carbonyl (C=O) groups is 3. The molecule has 0 aliphatic heterocycles. The maximum absolute atomic E-state index is 13.1. The molecular weight excluding hydrogens is 649 g/mol. The Labute approximate surface area is 269 Å². The number of ether oxygens (including phenoxy) is 1. The molecule has 0 saturated heterocycles. The summed E-state index contributed by atoms with van der Waals surface area (Å²) in [7, 11) is -2.70. The summed E-state index contributed by atoms with van der Waals surface area (Å²) in [4.78, 5) is 38.1. The molecule has 4 aromatic carbocycles. The van der Waals surface area contributed by atoms with Crippen LogP contribution in [0.1, 0.15) is 21.5 Å². The van der Waals surface area contributed by atoms with Crippen LogP contribution in [0.5, 0.6) is 0 Å². The predicted molar refractivity (Wildman–Crippen MR) is 171 cm³/mol. The molecule has 13 heteroatoms. The summed E-state index contributed by atoms with van der Waals surface area (Å²) in [6.07, 6.45) is 0.0419. The molecule has 0 radical (unpaired) electrons. The number of rotatable bonds is 9. The summed E-state index contributed by atoms with van der Waals surface area (Å²) in [6.45, 7) is 1.84. The third-order valence-electron chi connectivity index (χ3n) is 6.46. The minimum absolute atomic E-state index is 0.0275. The van der Waals surface area contributed by atoms with E-state index in [1.54, 1.807) is 54.6 Å². The van der Waals surface area contributed by atoms with Gasteiger partial charge in [0.05, 0.1) is 43.2 Å². The van der Waals surface area contributed by atoms with Gasteiger partial charge in [-0.05, 0) is 67.1 Å². The normalized spacial score (nSPS) is 11.8. The van der Waals surface area contributed by atoms with Crippen molar-refractivity contribution >= 4 is 73.9 Å². The van der Waals surface area contributed by atoms with Gasteiger partial charge in [0.25, 0.3) is 5.91 Å². The molecule has 3 amide bonds. The number of benzene rings is 4. The number of anilines is 2. The lowest BCUT2D eigenvalue weighted by molar-refractivity contribution is -0.142. The van der Waals surface area contributed by atoms with Gasteiger partial charge in [-0.1, -0.05) is 70.7 Å². The van der Waals surface area contributed by atoms with E-state index in [9.17, 15) is 22.8 Å². The van der Waals surface area contributed by atoms with Gasteiger partial charge in [-0.15, -0.1) is 0 Å². The van der Waals surface area contributed by atoms with E-state index in [4.69, 9.17) is 39.5 Å². The van der Waals surface area contributed by atoms with Crippen LogP contribution in [0.15, 0.2) is 94.7 Å². The van der Waals surface area contributed by atoms with Gasteiger partial charge in [-0.2, -0.15) is 0 Å². The van der Waals surface area contributed by atoms with E-state index >= 15 is 0 Å². The fraction of sp³-hybridized carbons (Fsp3) is 0.129. The Bertz CT molecular complexity index is 1790. The molecule has 0 aromatic heterocycles. The first-order valence-corrected chi connectivity index (χ1v) is 15.6. The minimum atomic E-state index is -3.89. The van der Waals surface area contributed by atoms with Crippen molar-refractivity contribution in [2.45, 2.75) is 29.2 Å². The van der Waals surface area contributed by atoms with E-state index in [0.29, 0.717) is 11.3 Å². The monoisotopic (exact) mass is 673 g/mol. The second kappa shape index (κ2) is 14.1. The van der Waals surface area contributed by atoms with E-state index in [-0.39, 0.29) is 42.5 Å². The number of halogens is 3. The number of carbonyl (C=O) groups excluding carboxylic acids is 3. The van der Waals surface area contributed by atoms with Gasteiger partial charge in [-0.3, -0.25) is 4.79 Å². The summed E-state index contributed by atoms with van der Waals surface area (Å²) in [5.74, 6) is -1.21. The highest BCUT2D eigenvalue weighted by Gasteiger charge is 2.24. The van der Waals surface area contributed by atoms with E-state index in [1.807, 2.05) is 6.92 Å². The zero-order chi connectivity index (χ0) is 32.0. The Morgan fingerprint density at radius 1 is 0.795 bits per heavy atom. The maximum Gasteiger partial charge on any atom is 0.328 e. The van der Waals surface area contributed by atoms with Crippen LogP contribution in [0, 0.1) is 6.92 Å². The number of urea groups is 1. The van der Waals surface area contributed by atoms with Crippen LogP contribution in [0.3, 0.4) is 0 Å². The molecule has 44 heavy (non-hydrogen) atoms. The van der Waals surface area contributed by atoms with Crippen molar-refractivity contribution in [1.82, 2.24) is 5.32 Å². The third-order valence-corrected chi connectivity index (χ3v) is 9.19. The highest BCUT2D eigenvalue weighted by atomic mass is 35.5. The number of hydrogen-bond donors (Lipinski definition) is 3. The van der Waals surface area contributed by atoms with Crippen LogP contribution in [-0.4, -0.2) is 39.5 Å². The van der Waals surface area contributed by atoms with Crippen LogP contribution in [0.25, 0.3) is 0 Å². The maximum atomic E-state index is 13.1. The molecule has 0 bridgehead atoms. The Balaban J connectivity index is 1.45. The van der Waals surface area contributed by atoms with Crippen molar-refractivity contribution in [2.24, 2.45) is 0 Å². The molecule has 228 valence electrons. The number of hydrogen-bond acceptors (Lipinski definition) is 6. The fourth-order valence-electron chi connectivity index (χ4n) is 4.14. The molecule has 0 unspecified atom stereocenters. The van der Waals surface area contributed by atoms with Crippen molar-refractivity contribution in [1.29, 1.82) is 0 Å². The average molecular weight is 675 g/mol. The molecule has 0 fully saturated rings. The van der Waals surface area contributed by atoms with E-state index < -0.39 is 33.8 Å². The molecule has 0 saturated carbocycles. The van der Waals surface area contributed by atoms with Gasteiger partial charge in [0.15, 0.2) is 0 Å². The van der Waals surface area contributed by atoms with E-state index in [2.05, 4.69) is 16.0 Å². The largest absolute Gasteiger partial charge is 0.467 e. The number of methoxy groups -OCH3 is 1. The third kappa shape index (κ3) is 7.89. The minimum Gasteiger partial charge on any atom is -0.467 e. The first-order valence-electron chi connectivity index (χ1n) is 13.0. The van der Waals surface area contributed by atoms with E-state index in [0.717, 1.165) is 5.56 Å². The summed E-state index contributed by atoms with van der Waals surface area (Å²) in [5.41, 5.74) is 2.16. The Morgan fingerprint density at radius 3 is 2.02 bits per heavy atom. The molecule has 0 spiro atoms. The molecule has 4 aromatic rings. The zero-order valence-corrected chi connectivity index (χ0v) is 26.4. The van der Waals surface area contributed by atoms with Crippen molar-refractivity contribution in [3.8, 4) is 0 Å². The molecule has 0 aliphatic rings. The lowest BCUT2D eigenvalue weighted by Crippen LogP contribution is -2.45. The average Bonchev–Trinajstić information content (AvgIpc) is 2.98. The Kier molecular flexibility index (Phi) is 10.5. The predicted octanol–water partition coefficient (Wildman–Crippen LogP) is 6.95. The highest BCUT2D eigenvalue weighted by molar-refractivity contribution is 7.91. The SMILES string of the molecule is COC(=O)[C@H](Cc1ccc(NC(=O)c2c(Cl)cccc2Cl)cc1)NC(=O)Nc1cc(S(=O)(=O)c2ccc(C)cc2)ccc1Cl. The zero-order valence-electron chi connectivity index (χ0n) is 23.4. The molecular formula is C31H26Cl3N3O6S. The van der Waals surface area contributed by atoms with Crippen LogP contribution < -0.4 is 16.0 Å². The molecule has 1 atom stereocenters. The second-order valence-corrected chi connectivity index (χ2v) is 12.8. The summed E-state index contributed by atoms with van der Waals surface area (Å²) in [6, 6.07) is 19.7. The number of sulfone groups is 1. The molecule has 3 N–H and O–H groups in total. The Morgan fingerprint density at radius 2 is 1.41 bits per heavy atom. The molecule has 9 nitrogen and oxygen atoms in total. The van der Waals surface area contributed by atoms with Gasteiger partial charge in [0.1, 0.15) is 6.04 Å². The molecule has 4 rings (SSSR count). The lowest BCUT2D eigenvalue weighted by atomic mass is 10.1. The van der Waals surface area contributed by atoms with Crippen molar-refractivity contribution in [3.63, 3.8) is 0 Å². The first kappa shape index (κ1) is 32.8. The summed E-state index contributed by atoms with van der Waals surface area (Å²) < 4.78 is 31.1. The molecule has 0 aliphatic carbocycles. The molecule has 0 heterocycles. The second-order valence-electron chi connectivity index (χ2n) is 9.58. The Hall–Kier alpha value is -4.09. The lowest BCUT2D eigenvalue weighted by Gasteiger charge is -2.18. The van der Waals surface area contributed by atoms with Gasteiger partial charge >= 0.3 is 12.0 Å². The smallest absolute Gasteiger partial charge is 0.328 e. The van der Waals surface area contributed by atoms with Gasteiger partial charge in [0.2, 0.25) is 9.84 Å². The van der Waals surface area contributed by atoms with Crippen LogP contribution in [0.2, 0.25) is 15.1 Å². The quantitative estimate of drug-likeness (QED) is 0.165. The van der Waals surface area contributed by atoms with E-state index in [1.165, 1.54) is 37.4 Å². The number of aryl methyl sites for hydroxylation is 1. The van der Waals surface area contributed by atoms with Gasteiger partial charge in [-0.25, -0.2) is 18.0 Å². The van der Waals surface area contributed by atoms with Crippen molar-refractivity contribution in [3.05, 3.63) is 117 Å². The fourth-order valence-corrected chi connectivity index (χ4v) is 6.16. The highest BCUT2D eigenvalue weighted by Crippen LogP contribution is 2.29. The van der Waals surface area contributed by atoms with Crippen LogP contribution >= 0.6 is 34.8 Å². The topological polar surface area (TPSA) is 131 Å². The number of amides is 3. The number of nitrogens with one attached hydrogen (secondary N) is 3.